The van der Waals surface area contributed by atoms with Crippen LogP contribution in [-0.4, -0.2) is 22.5 Å². The highest BCUT2D eigenvalue weighted by Crippen LogP contribution is 2.18. The number of aromatic amines is 1. The number of H-pyrrole nitrogens is 1. The SMILES string of the molecule is Cc1ccc(C(=O)N(C)c2c(N)n(Cc3ccccc3)c(=O)[nH]c2=O)cc1. The van der Waals surface area contributed by atoms with Crippen molar-refractivity contribution in [1.82, 2.24) is 9.55 Å². The van der Waals surface area contributed by atoms with E-state index < -0.39 is 17.2 Å². The van der Waals surface area contributed by atoms with Crippen molar-refractivity contribution in [2.75, 3.05) is 17.7 Å². The number of nitrogens with two attached hydrogens (primary N) is 1. The molecule has 7 heteroatoms. The lowest BCUT2D eigenvalue weighted by Gasteiger charge is -2.20. The van der Waals surface area contributed by atoms with Gasteiger partial charge in [0.15, 0.2) is 5.69 Å². The van der Waals surface area contributed by atoms with Crippen molar-refractivity contribution < 1.29 is 4.79 Å². The lowest BCUT2D eigenvalue weighted by atomic mass is 10.1. The van der Waals surface area contributed by atoms with Crippen molar-refractivity contribution in [2.45, 2.75) is 13.5 Å². The fraction of sp³-hybridized carbons (Fsp3) is 0.150. The van der Waals surface area contributed by atoms with Crippen molar-refractivity contribution in [2.24, 2.45) is 0 Å². The maximum Gasteiger partial charge on any atom is 0.330 e. The Balaban J connectivity index is 2.03. The first-order chi connectivity index (χ1) is 12.9. The van der Waals surface area contributed by atoms with Crippen molar-refractivity contribution in [3.8, 4) is 0 Å². The number of benzene rings is 2. The third kappa shape index (κ3) is 3.67. The zero-order valence-corrected chi connectivity index (χ0v) is 15.1. The highest BCUT2D eigenvalue weighted by molar-refractivity contribution is 6.06. The van der Waals surface area contributed by atoms with Gasteiger partial charge in [-0.15, -0.1) is 0 Å². The summed E-state index contributed by atoms with van der Waals surface area (Å²) in [6, 6.07) is 16.2. The molecule has 0 spiro atoms. The number of carbonyl (C=O) groups is 1. The molecule has 0 bridgehead atoms. The van der Waals surface area contributed by atoms with Crippen LogP contribution in [0.5, 0.6) is 0 Å². The Morgan fingerprint density at radius 1 is 1.07 bits per heavy atom. The summed E-state index contributed by atoms with van der Waals surface area (Å²) in [6.45, 7) is 2.10. The summed E-state index contributed by atoms with van der Waals surface area (Å²) >= 11 is 0. The van der Waals surface area contributed by atoms with Crippen molar-refractivity contribution in [3.05, 3.63) is 92.1 Å². The van der Waals surface area contributed by atoms with E-state index in [0.29, 0.717) is 5.56 Å². The summed E-state index contributed by atoms with van der Waals surface area (Å²) < 4.78 is 1.24. The van der Waals surface area contributed by atoms with E-state index in [1.165, 1.54) is 16.5 Å². The zero-order chi connectivity index (χ0) is 19.6. The van der Waals surface area contributed by atoms with Crippen LogP contribution in [0.3, 0.4) is 0 Å². The molecule has 0 atom stereocenters. The summed E-state index contributed by atoms with van der Waals surface area (Å²) in [5.41, 5.74) is 7.02. The first-order valence-corrected chi connectivity index (χ1v) is 8.39. The Labute approximate surface area is 155 Å². The van der Waals surface area contributed by atoms with Gasteiger partial charge in [-0.05, 0) is 24.6 Å². The largest absolute Gasteiger partial charge is 0.383 e. The highest BCUT2D eigenvalue weighted by Gasteiger charge is 2.22. The molecular formula is C20H20N4O3. The van der Waals surface area contributed by atoms with Gasteiger partial charge in [0, 0.05) is 12.6 Å². The molecule has 1 heterocycles. The van der Waals surface area contributed by atoms with Gasteiger partial charge >= 0.3 is 5.69 Å². The van der Waals surface area contributed by atoms with E-state index in [0.717, 1.165) is 11.1 Å². The van der Waals surface area contributed by atoms with Gasteiger partial charge in [0.25, 0.3) is 11.5 Å². The van der Waals surface area contributed by atoms with Gasteiger partial charge in [-0.2, -0.15) is 0 Å². The van der Waals surface area contributed by atoms with Crippen LogP contribution < -0.4 is 21.9 Å². The number of hydrogen-bond donors (Lipinski definition) is 2. The van der Waals surface area contributed by atoms with Crippen molar-refractivity contribution in [3.63, 3.8) is 0 Å². The van der Waals surface area contributed by atoms with E-state index in [4.69, 9.17) is 5.73 Å². The minimum Gasteiger partial charge on any atom is -0.383 e. The molecule has 0 radical (unpaired) electrons. The van der Waals surface area contributed by atoms with E-state index >= 15 is 0 Å². The van der Waals surface area contributed by atoms with Gasteiger partial charge < -0.3 is 10.6 Å². The molecule has 0 fully saturated rings. The van der Waals surface area contributed by atoms with Gasteiger partial charge in [-0.1, -0.05) is 48.0 Å². The molecular weight excluding hydrogens is 344 g/mol. The Morgan fingerprint density at radius 2 is 1.70 bits per heavy atom. The number of carbonyl (C=O) groups excluding carboxylic acids is 1. The van der Waals surface area contributed by atoms with Gasteiger partial charge in [0.1, 0.15) is 5.82 Å². The quantitative estimate of drug-likeness (QED) is 0.736. The number of amides is 1. The number of aryl methyl sites for hydroxylation is 1. The van der Waals surface area contributed by atoms with Crippen LogP contribution in [0.25, 0.3) is 0 Å². The highest BCUT2D eigenvalue weighted by atomic mass is 16.2. The van der Waals surface area contributed by atoms with Crippen LogP contribution in [-0.2, 0) is 6.54 Å². The Kier molecular flexibility index (Phi) is 4.94. The first-order valence-electron chi connectivity index (χ1n) is 8.39. The fourth-order valence-electron chi connectivity index (χ4n) is 2.82. The maximum absolute atomic E-state index is 12.7. The summed E-state index contributed by atoms with van der Waals surface area (Å²) in [6.07, 6.45) is 0. The topological polar surface area (TPSA) is 101 Å². The molecule has 0 saturated heterocycles. The number of nitrogen functional groups attached to an aromatic ring is 1. The predicted octanol–water partition coefficient (Wildman–Crippen LogP) is 1.75. The monoisotopic (exact) mass is 364 g/mol. The van der Waals surface area contributed by atoms with Crippen LogP contribution >= 0.6 is 0 Å². The van der Waals surface area contributed by atoms with E-state index in [-0.39, 0.29) is 18.1 Å². The lowest BCUT2D eigenvalue weighted by molar-refractivity contribution is 0.0992. The lowest BCUT2D eigenvalue weighted by Crippen LogP contribution is -2.39. The molecule has 7 nitrogen and oxygen atoms in total. The second-order valence-electron chi connectivity index (χ2n) is 6.30. The third-order valence-corrected chi connectivity index (χ3v) is 4.34. The Bertz CT molecular complexity index is 1080. The average molecular weight is 364 g/mol. The van der Waals surface area contributed by atoms with E-state index in [9.17, 15) is 14.4 Å². The molecule has 0 aliphatic rings. The Hall–Kier alpha value is -3.61. The fourth-order valence-corrected chi connectivity index (χ4v) is 2.82. The third-order valence-electron chi connectivity index (χ3n) is 4.34. The summed E-state index contributed by atoms with van der Waals surface area (Å²) in [5, 5.41) is 0. The molecule has 3 aromatic rings. The second-order valence-corrected chi connectivity index (χ2v) is 6.30. The van der Waals surface area contributed by atoms with Crippen molar-refractivity contribution >= 4 is 17.4 Å². The van der Waals surface area contributed by atoms with Gasteiger partial charge in [-0.25, -0.2) is 4.79 Å². The van der Waals surface area contributed by atoms with Crippen LogP contribution in [0.1, 0.15) is 21.5 Å². The number of hydrogen-bond acceptors (Lipinski definition) is 4. The number of aromatic nitrogens is 2. The van der Waals surface area contributed by atoms with Crippen LogP contribution in [0.15, 0.2) is 64.2 Å². The second kappa shape index (κ2) is 7.33. The normalized spacial score (nSPS) is 10.6. The molecule has 138 valence electrons. The molecule has 27 heavy (non-hydrogen) atoms. The smallest absolute Gasteiger partial charge is 0.330 e. The minimum absolute atomic E-state index is 0.0592. The van der Waals surface area contributed by atoms with E-state index in [2.05, 4.69) is 4.98 Å². The van der Waals surface area contributed by atoms with E-state index in [1.54, 1.807) is 12.1 Å². The molecule has 3 rings (SSSR count). The standard InChI is InChI=1S/C20H20N4O3/c1-13-8-10-15(11-9-13)19(26)23(2)16-17(21)24(20(27)22-18(16)25)12-14-6-4-3-5-7-14/h3-11H,12,21H2,1-2H3,(H,22,25,27). The van der Waals surface area contributed by atoms with E-state index in [1.807, 2.05) is 49.4 Å². The van der Waals surface area contributed by atoms with Crippen molar-refractivity contribution in [1.29, 1.82) is 0 Å². The average Bonchev–Trinajstić information content (AvgIpc) is 2.65. The maximum atomic E-state index is 12.7. The minimum atomic E-state index is -0.704. The molecule has 1 amide bonds. The van der Waals surface area contributed by atoms with Gasteiger partial charge in [0.2, 0.25) is 0 Å². The molecule has 0 saturated carbocycles. The molecule has 1 aromatic heterocycles. The molecule has 0 aliphatic heterocycles. The predicted molar refractivity (Wildman–Crippen MR) is 105 cm³/mol. The Morgan fingerprint density at radius 3 is 2.33 bits per heavy atom. The number of nitrogens with zero attached hydrogens (tertiary/aromatic N) is 2. The van der Waals surface area contributed by atoms with Crippen LogP contribution in [0.4, 0.5) is 11.5 Å². The number of anilines is 2. The van der Waals surface area contributed by atoms with Crippen LogP contribution in [0.2, 0.25) is 0 Å². The molecule has 0 aliphatic carbocycles. The first kappa shape index (κ1) is 18.2. The number of rotatable bonds is 4. The van der Waals surface area contributed by atoms with Gasteiger partial charge in [-0.3, -0.25) is 19.1 Å². The molecule has 2 aromatic carbocycles. The van der Waals surface area contributed by atoms with Crippen LogP contribution in [0, 0.1) is 6.92 Å². The molecule has 3 N–H and O–H groups in total. The number of nitrogens with one attached hydrogen (secondary N) is 1. The zero-order valence-electron chi connectivity index (χ0n) is 15.1. The summed E-state index contributed by atoms with van der Waals surface area (Å²) in [4.78, 5) is 40.8. The summed E-state index contributed by atoms with van der Waals surface area (Å²) in [5.74, 6) is -0.451. The van der Waals surface area contributed by atoms with Gasteiger partial charge in [0.05, 0.1) is 6.54 Å². The summed E-state index contributed by atoms with van der Waals surface area (Å²) in [7, 11) is 1.46. The molecule has 0 unspecified atom stereocenters.